The molecule has 0 aromatic heterocycles. The van der Waals surface area contributed by atoms with Crippen LogP contribution in [-0.4, -0.2) is 45.9 Å². The van der Waals surface area contributed by atoms with Crippen molar-refractivity contribution in [3.63, 3.8) is 0 Å². The number of amides is 3. The summed E-state index contributed by atoms with van der Waals surface area (Å²) in [6.45, 7) is 1.09. The zero-order valence-corrected chi connectivity index (χ0v) is 13.8. The summed E-state index contributed by atoms with van der Waals surface area (Å²) in [7, 11) is 0. The maximum Gasteiger partial charge on any atom is 0.255 e. The molecule has 0 radical (unpaired) electrons. The summed E-state index contributed by atoms with van der Waals surface area (Å²) < 4.78 is 0. The van der Waals surface area contributed by atoms with Crippen LogP contribution < -0.4 is 10.6 Å². The number of hydrogen-bond donors (Lipinski definition) is 3. The molecule has 2 fully saturated rings. The van der Waals surface area contributed by atoms with Gasteiger partial charge in [-0.05, 0) is 36.5 Å². The molecular weight excluding hydrogens is 322 g/mol. The number of piperidine rings is 1. The number of aliphatic hydroxyl groups is 1. The van der Waals surface area contributed by atoms with Gasteiger partial charge in [0.25, 0.3) is 5.91 Å². The Balaban J connectivity index is 1.44. The SMILES string of the molecule is O=C1CCC(N2Cc3cc(CNC4CC(O)C4)ccc3C2=O)C(=O)N1. The highest BCUT2D eigenvalue weighted by Crippen LogP contribution is 2.28. The molecule has 7 nitrogen and oxygen atoms in total. The molecule has 2 aliphatic heterocycles. The van der Waals surface area contributed by atoms with Crippen molar-refractivity contribution in [1.29, 1.82) is 0 Å². The van der Waals surface area contributed by atoms with Gasteiger partial charge in [-0.3, -0.25) is 19.7 Å². The molecule has 132 valence electrons. The van der Waals surface area contributed by atoms with E-state index in [4.69, 9.17) is 0 Å². The van der Waals surface area contributed by atoms with E-state index in [2.05, 4.69) is 10.6 Å². The van der Waals surface area contributed by atoms with Crippen molar-refractivity contribution < 1.29 is 19.5 Å². The van der Waals surface area contributed by atoms with Crippen LogP contribution in [-0.2, 0) is 22.7 Å². The molecule has 7 heteroatoms. The Morgan fingerprint density at radius 2 is 2.04 bits per heavy atom. The van der Waals surface area contributed by atoms with Gasteiger partial charge in [-0.15, -0.1) is 0 Å². The summed E-state index contributed by atoms with van der Waals surface area (Å²) in [6.07, 6.45) is 2.03. The highest BCUT2D eigenvalue weighted by molar-refractivity contribution is 6.05. The molecule has 1 aromatic carbocycles. The van der Waals surface area contributed by atoms with Crippen LogP contribution in [0.15, 0.2) is 18.2 Å². The quantitative estimate of drug-likeness (QED) is 0.672. The molecule has 0 bridgehead atoms. The fraction of sp³-hybridized carbons (Fsp3) is 0.500. The number of hydrogen-bond acceptors (Lipinski definition) is 5. The Morgan fingerprint density at radius 3 is 2.76 bits per heavy atom. The van der Waals surface area contributed by atoms with Gasteiger partial charge >= 0.3 is 0 Å². The Labute approximate surface area is 145 Å². The topological polar surface area (TPSA) is 98.7 Å². The number of benzene rings is 1. The van der Waals surface area contributed by atoms with E-state index in [0.717, 1.165) is 24.0 Å². The van der Waals surface area contributed by atoms with Gasteiger partial charge in [0.1, 0.15) is 6.04 Å². The van der Waals surface area contributed by atoms with Gasteiger partial charge in [0.2, 0.25) is 11.8 Å². The van der Waals surface area contributed by atoms with Gasteiger partial charge in [0.05, 0.1) is 6.10 Å². The number of rotatable bonds is 4. The van der Waals surface area contributed by atoms with Crippen LogP contribution >= 0.6 is 0 Å². The Morgan fingerprint density at radius 1 is 1.24 bits per heavy atom. The van der Waals surface area contributed by atoms with Crippen molar-refractivity contribution in [2.24, 2.45) is 0 Å². The molecule has 1 aliphatic carbocycles. The van der Waals surface area contributed by atoms with Crippen LogP contribution in [0.5, 0.6) is 0 Å². The minimum atomic E-state index is -0.573. The predicted molar refractivity (Wildman–Crippen MR) is 88.4 cm³/mol. The average molecular weight is 343 g/mol. The number of aliphatic hydroxyl groups excluding tert-OH is 1. The third-order valence-electron chi connectivity index (χ3n) is 5.30. The highest BCUT2D eigenvalue weighted by Gasteiger charge is 2.39. The van der Waals surface area contributed by atoms with Gasteiger partial charge in [-0.1, -0.05) is 12.1 Å². The molecular formula is C18H21N3O4. The van der Waals surface area contributed by atoms with Crippen molar-refractivity contribution in [2.45, 2.75) is 57.0 Å². The summed E-state index contributed by atoms with van der Waals surface area (Å²) in [5, 5.41) is 15.0. The molecule has 4 rings (SSSR count). The van der Waals surface area contributed by atoms with E-state index in [0.29, 0.717) is 31.1 Å². The van der Waals surface area contributed by atoms with Gasteiger partial charge in [0.15, 0.2) is 0 Å². The molecule has 0 spiro atoms. The van der Waals surface area contributed by atoms with E-state index >= 15 is 0 Å². The first-order valence-corrected chi connectivity index (χ1v) is 8.69. The van der Waals surface area contributed by atoms with Crippen LogP contribution in [0.2, 0.25) is 0 Å². The van der Waals surface area contributed by atoms with Gasteiger partial charge in [-0.25, -0.2) is 0 Å². The summed E-state index contributed by atoms with van der Waals surface area (Å²) in [5.74, 6) is -0.811. The molecule has 1 atom stereocenters. The molecule has 25 heavy (non-hydrogen) atoms. The fourth-order valence-electron chi connectivity index (χ4n) is 3.75. The van der Waals surface area contributed by atoms with Crippen LogP contribution in [0.3, 0.4) is 0 Å². The highest BCUT2D eigenvalue weighted by atomic mass is 16.3. The summed E-state index contributed by atoms with van der Waals surface area (Å²) in [5.41, 5.74) is 2.63. The largest absolute Gasteiger partial charge is 0.393 e. The van der Waals surface area contributed by atoms with Gasteiger partial charge in [0, 0.05) is 31.1 Å². The molecule has 2 heterocycles. The number of imide groups is 1. The predicted octanol–water partition coefficient (Wildman–Crippen LogP) is 0.0605. The minimum Gasteiger partial charge on any atom is -0.393 e. The summed E-state index contributed by atoms with van der Waals surface area (Å²) in [6, 6.07) is 5.52. The van der Waals surface area contributed by atoms with Crippen molar-refractivity contribution >= 4 is 17.7 Å². The lowest BCUT2D eigenvalue weighted by Crippen LogP contribution is -2.52. The zero-order chi connectivity index (χ0) is 17.6. The van der Waals surface area contributed by atoms with Crippen molar-refractivity contribution in [3.05, 3.63) is 34.9 Å². The standard InChI is InChI=1S/C18H21N3O4/c22-13-6-12(7-13)19-8-10-1-2-14-11(5-10)9-21(18(14)25)15-3-4-16(23)20-17(15)24/h1-2,5,12-13,15,19,22H,3-4,6-9H2,(H,20,23,24). The number of fused-ring (bicyclic) bond motifs is 1. The van der Waals surface area contributed by atoms with Crippen LogP contribution in [0.1, 0.15) is 47.2 Å². The van der Waals surface area contributed by atoms with Crippen molar-refractivity contribution in [2.75, 3.05) is 0 Å². The fourth-order valence-corrected chi connectivity index (χ4v) is 3.75. The number of carbonyl (C=O) groups is 3. The molecule has 3 N–H and O–H groups in total. The molecule has 1 saturated heterocycles. The average Bonchev–Trinajstić information content (AvgIpc) is 2.87. The van der Waals surface area contributed by atoms with E-state index < -0.39 is 6.04 Å². The second kappa shape index (κ2) is 6.24. The Hall–Kier alpha value is -2.25. The van der Waals surface area contributed by atoms with Crippen molar-refractivity contribution in [1.82, 2.24) is 15.5 Å². The molecule has 1 saturated carbocycles. The first kappa shape index (κ1) is 16.2. The second-order valence-corrected chi connectivity index (χ2v) is 7.09. The van der Waals surface area contributed by atoms with E-state index in [1.165, 1.54) is 0 Å². The summed E-state index contributed by atoms with van der Waals surface area (Å²) in [4.78, 5) is 37.5. The normalized spacial score (nSPS) is 28.6. The van der Waals surface area contributed by atoms with Crippen LogP contribution in [0.25, 0.3) is 0 Å². The summed E-state index contributed by atoms with van der Waals surface area (Å²) >= 11 is 0. The molecule has 1 aromatic rings. The Kier molecular flexibility index (Phi) is 4.05. The van der Waals surface area contributed by atoms with Crippen molar-refractivity contribution in [3.8, 4) is 0 Å². The van der Waals surface area contributed by atoms with E-state index in [1.807, 2.05) is 18.2 Å². The zero-order valence-electron chi connectivity index (χ0n) is 13.8. The third kappa shape index (κ3) is 3.05. The smallest absolute Gasteiger partial charge is 0.255 e. The van der Waals surface area contributed by atoms with E-state index in [9.17, 15) is 19.5 Å². The molecule has 1 unspecified atom stereocenters. The van der Waals surface area contributed by atoms with Gasteiger partial charge < -0.3 is 15.3 Å². The van der Waals surface area contributed by atoms with Crippen LogP contribution in [0.4, 0.5) is 0 Å². The maximum atomic E-state index is 12.6. The van der Waals surface area contributed by atoms with E-state index in [-0.39, 0.29) is 30.2 Å². The first-order valence-electron chi connectivity index (χ1n) is 8.69. The second-order valence-electron chi connectivity index (χ2n) is 7.09. The van der Waals surface area contributed by atoms with Gasteiger partial charge in [-0.2, -0.15) is 0 Å². The lowest BCUT2D eigenvalue weighted by atomic mass is 9.89. The third-order valence-corrected chi connectivity index (χ3v) is 5.30. The number of nitrogens with one attached hydrogen (secondary N) is 2. The first-order chi connectivity index (χ1) is 12.0. The molecule has 3 aliphatic rings. The lowest BCUT2D eigenvalue weighted by Gasteiger charge is -2.32. The molecule has 3 amide bonds. The lowest BCUT2D eigenvalue weighted by molar-refractivity contribution is -0.136. The monoisotopic (exact) mass is 343 g/mol. The maximum absolute atomic E-state index is 12.6. The Bertz CT molecular complexity index is 742. The van der Waals surface area contributed by atoms with E-state index in [1.54, 1.807) is 4.90 Å². The minimum absolute atomic E-state index is 0.147. The van der Waals surface area contributed by atoms with Crippen LogP contribution in [0, 0.1) is 0 Å². The number of nitrogens with zero attached hydrogens (tertiary/aromatic N) is 1. The number of carbonyl (C=O) groups excluding carboxylic acids is 3.